The van der Waals surface area contributed by atoms with Gasteiger partial charge in [0.25, 0.3) is 5.91 Å². The molecule has 7 heteroatoms. The van der Waals surface area contributed by atoms with Crippen LogP contribution < -0.4 is 0 Å². The van der Waals surface area contributed by atoms with Crippen LogP contribution in [0.3, 0.4) is 0 Å². The van der Waals surface area contributed by atoms with Crippen molar-refractivity contribution in [3.05, 3.63) is 44.5 Å². The first kappa shape index (κ1) is 18.9. The van der Waals surface area contributed by atoms with Crippen LogP contribution in [0.15, 0.2) is 16.1 Å². The van der Waals surface area contributed by atoms with Gasteiger partial charge in [-0.25, -0.2) is 0 Å². The van der Waals surface area contributed by atoms with E-state index in [0.717, 1.165) is 65.2 Å². The van der Waals surface area contributed by atoms with Gasteiger partial charge in [-0.15, -0.1) is 11.3 Å². The summed E-state index contributed by atoms with van der Waals surface area (Å²) in [5.74, 6) is 0.856. The van der Waals surface area contributed by atoms with Crippen LogP contribution in [0.5, 0.6) is 0 Å². The van der Waals surface area contributed by atoms with Gasteiger partial charge in [0.05, 0.1) is 28.6 Å². The number of carbonyl (C=O) groups excluding carboxylic acids is 1. The number of carbonyl (C=O) groups is 1. The minimum absolute atomic E-state index is 0.0538. The number of piperidine rings is 1. The third kappa shape index (κ3) is 3.07. The van der Waals surface area contributed by atoms with Crippen LogP contribution in [-0.2, 0) is 7.05 Å². The van der Waals surface area contributed by atoms with E-state index in [-0.39, 0.29) is 11.9 Å². The molecule has 0 radical (unpaired) electrons. The number of nitrogens with zero attached hydrogens (tertiary/aromatic N) is 4. The van der Waals surface area contributed by atoms with E-state index in [9.17, 15) is 4.79 Å². The molecule has 3 aromatic rings. The smallest absolute Gasteiger partial charge is 0.255 e. The van der Waals surface area contributed by atoms with E-state index in [0.29, 0.717) is 0 Å². The molecule has 148 valence electrons. The molecular formula is C21H26N4O2S. The Kier molecular flexibility index (Phi) is 4.87. The molecule has 1 fully saturated rings. The first-order valence-corrected chi connectivity index (χ1v) is 10.6. The molecule has 0 aromatic carbocycles. The summed E-state index contributed by atoms with van der Waals surface area (Å²) in [5, 5.41) is 10.9. The molecule has 1 saturated heterocycles. The van der Waals surface area contributed by atoms with Crippen LogP contribution in [-0.4, -0.2) is 32.3 Å². The second-order valence-corrected chi connectivity index (χ2v) is 8.75. The lowest BCUT2D eigenvalue weighted by Crippen LogP contribution is -2.39. The Hall–Kier alpha value is -2.41. The zero-order chi connectivity index (χ0) is 20.0. The Bertz CT molecular complexity index is 1030. The van der Waals surface area contributed by atoms with E-state index in [1.807, 2.05) is 44.3 Å². The molecule has 0 unspecified atom stereocenters. The minimum atomic E-state index is -0.0538. The number of aryl methyl sites for hydroxylation is 3. The standard InChI is InChI=1S/C21H26N4O2S/c1-12-14(3)23-27-20(12)16-10-24(5)22-19(16)18-8-6-7-9-25(18)21(26)17-11-28-15(4)13(17)2/h10-11,18H,6-9H2,1-5H3/t18-/m1/s1. The van der Waals surface area contributed by atoms with Crippen molar-refractivity contribution < 1.29 is 9.32 Å². The maximum absolute atomic E-state index is 13.4. The molecular weight excluding hydrogens is 372 g/mol. The van der Waals surface area contributed by atoms with Gasteiger partial charge in [-0.05, 0) is 52.5 Å². The highest BCUT2D eigenvalue weighted by molar-refractivity contribution is 7.10. The summed E-state index contributed by atoms with van der Waals surface area (Å²) in [6, 6.07) is -0.0538. The maximum Gasteiger partial charge on any atom is 0.255 e. The average molecular weight is 399 g/mol. The summed E-state index contributed by atoms with van der Waals surface area (Å²) in [6.07, 6.45) is 4.98. The number of amides is 1. The second-order valence-electron chi connectivity index (χ2n) is 7.66. The third-order valence-corrected chi connectivity index (χ3v) is 6.87. The summed E-state index contributed by atoms with van der Waals surface area (Å²) in [4.78, 5) is 16.6. The highest BCUT2D eigenvalue weighted by Crippen LogP contribution is 2.38. The van der Waals surface area contributed by atoms with Gasteiger partial charge in [0.15, 0.2) is 5.76 Å². The number of likely N-dealkylation sites (tertiary alicyclic amines) is 1. The lowest BCUT2D eigenvalue weighted by atomic mass is 9.94. The topological polar surface area (TPSA) is 64.2 Å². The van der Waals surface area contributed by atoms with Gasteiger partial charge in [0.1, 0.15) is 0 Å². The fourth-order valence-corrected chi connectivity index (χ4v) is 4.79. The first-order chi connectivity index (χ1) is 13.4. The van der Waals surface area contributed by atoms with Gasteiger partial charge in [-0.3, -0.25) is 9.48 Å². The van der Waals surface area contributed by atoms with Crippen molar-refractivity contribution in [1.82, 2.24) is 19.8 Å². The van der Waals surface area contributed by atoms with Crippen molar-refractivity contribution >= 4 is 17.2 Å². The van der Waals surface area contributed by atoms with Crippen molar-refractivity contribution in [1.29, 1.82) is 0 Å². The number of hydrogen-bond acceptors (Lipinski definition) is 5. The van der Waals surface area contributed by atoms with E-state index in [4.69, 9.17) is 9.62 Å². The maximum atomic E-state index is 13.4. The van der Waals surface area contributed by atoms with Crippen LogP contribution in [0.4, 0.5) is 0 Å². The number of thiophene rings is 1. The Labute approximate surface area is 169 Å². The molecule has 4 heterocycles. The van der Waals surface area contributed by atoms with Crippen LogP contribution in [0, 0.1) is 27.7 Å². The molecule has 1 amide bonds. The Morgan fingerprint density at radius 2 is 2.00 bits per heavy atom. The lowest BCUT2D eigenvalue weighted by Gasteiger charge is -2.35. The van der Waals surface area contributed by atoms with E-state index < -0.39 is 0 Å². The summed E-state index contributed by atoms with van der Waals surface area (Å²) >= 11 is 1.64. The van der Waals surface area contributed by atoms with Crippen molar-refractivity contribution in [2.24, 2.45) is 7.05 Å². The number of hydrogen-bond donors (Lipinski definition) is 0. The molecule has 4 rings (SSSR count). The zero-order valence-electron chi connectivity index (χ0n) is 17.1. The largest absolute Gasteiger partial charge is 0.356 e. The van der Waals surface area contributed by atoms with Crippen molar-refractivity contribution in [3.8, 4) is 11.3 Å². The quantitative estimate of drug-likeness (QED) is 0.639. The molecule has 6 nitrogen and oxygen atoms in total. The molecule has 0 saturated carbocycles. The lowest BCUT2D eigenvalue weighted by molar-refractivity contribution is 0.0605. The SMILES string of the molecule is Cc1noc(-c2cn(C)nc2[C@H]2CCCCN2C(=O)c2csc(C)c2C)c1C. The Balaban J connectivity index is 1.76. The summed E-state index contributed by atoms with van der Waals surface area (Å²) in [5.41, 5.74) is 5.64. The normalized spacial score (nSPS) is 17.3. The van der Waals surface area contributed by atoms with E-state index >= 15 is 0 Å². The highest BCUT2D eigenvalue weighted by Gasteiger charge is 2.34. The summed E-state index contributed by atoms with van der Waals surface area (Å²) in [7, 11) is 1.91. The molecule has 1 atom stereocenters. The van der Waals surface area contributed by atoms with E-state index in [1.165, 1.54) is 4.88 Å². The van der Waals surface area contributed by atoms with Gasteiger partial charge >= 0.3 is 0 Å². The Morgan fingerprint density at radius 1 is 1.21 bits per heavy atom. The molecule has 0 spiro atoms. The van der Waals surface area contributed by atoms with Gasteiger partial charge in [-0.1, -0.05) is 5.16 Å². The molecule has 1 aliphatic heterocycles. The molecule has 0 N–H and O–H groups in total. The molecule has 3 aromatic heterocycles. The molecule has 0 bridgehead atoms. The average Bonchev–Trinajstić information content (AvgIpc) is 3.33. The molecule has 1 aliphatic rings. The fraction of sp³-hybridized carbons (Fsp3) is 0.476. The second kappa shape index (κ2) is 7.20. The van der Waals surface area contributed by atoms with Gasteiger partial charge in [0, 0.05) is 35.6 Å². The minimum Gasteiger partial charge on any atom is -0.356 e. The third-order valence-electron chi connectivity index (χ3n) is 5.85. The van der Waals surface area contributed by atoms with Gasteiger partial charge in [-0.2, -0.15) is 5.10 Å². The Morgan fingerprint density at radius 3 is 2.64 bits per heavy atom. The van der Waals surface area contributed by atoms with Crippen LogP contribution in [0.25, 0.3) is 11.3 Å². The van der Waals surface area contributed by atoms with E-state index in [1.54, 1.807) is 16.0 Å². The molecule has 0 aliphatic carbocycles. The highest BCUT2D eigenvalue weighted by atomic mass is 32.1. The van der Waals surface area contributed by atoms with Crippen LogP contribution in [0.2, 0.25) is 0 Å². The van der Waals surface area contributed by atoms with Crippen LogP contribution in [0.1, 0.15) is 63.1 Å². The first-order valence-electron chi connectivity index (χ1n) is 9.71. The summed E-state index contributed by atoms with van der Waals surface area (Å²) < 4.78 is 7.43. The fourth-order valence-electron chi connectivity index (χ4n) is 3.93. The predicted octanol–water partition coefficient (Wildman–Crippen LogP) is 4.74. The predicted molar refractivity (Wildman–Crippen MR) is 110 cm³/mol. The van der Waals surface area contributed by atoms with Crippen molar-refractivity contribution in [2.75, 3.05) is 6.54 Å². The zero-order valence-corrected chi connectivity index (χ0v) is 17.9. The summed E-state index contributed by atoms with van der Waals surface area (Å²) in [6.45, 7) is 8.80. The van der Waals surface area contributed by atoms with Crippen molar-refractivity contribution in [3.63, 3.8) is 0 Å². The number of rotatable bonds is 3. The van der Waals surface area contributed by atoms with E-state index in [2.05, 4.69) is 12.1 Å². The van der Waals surface area contributed by atoms with Gasteiger partial charge in [0.2, 0.25) is 0 Å². The molecule has 28 heavy (non-hydrogen) atoms. The number of aromatic nitrogens is 3. The van der Waals surface area contributed by atoms with Crippen LogP contribution >= 0.6 is 11.3 Å². The monoisotopic (exact) mass is 398 g/mol. The van der Waals surface area contributed by atoms with Gasteiger partial charge < -0.3 is 9.42 Å². The van der Waals surface area contributed by atoms with Crippen molar-refractivity contribution in [2.45, 2.75) is 53.0 Å².